The standard InChI is InChI=1S/C13H15N6.CH3/c1-18-9-5-3-7-12(18)16-14-11-15-17-13-8-4-6-10-19(13)2;/h3-11H,1-2H3;1H3/q+1;-1. The summed E-state index contributed by atoms with van der Waals surface area (Å²) in [5, 5.41) is 15.8. The molecule has 6 heteroatoms. The van der Waals surface area contributed by atoms with E-state index in [2.05, 4.69) is 20.4 Å². The smallest absolute Gasteiger partial charge is 0.350 e. The van der Waals surface area contributed by atoms with Gasteiger partial charge in [-0.2, -0.15) is 0 Å². The third kappa shape index (κ3) is 4.24. The number of hydrogen-bond acceptors (Lipinski definition) is 3. The fraction of sp³-hybridized carbons (Fsp3) is 0.143. The first-order chi connectivity index (χ1) is 9.27. The summed E-state index contributed by atoms with van der Waals surface area (Å²) in [5.74, 6) is 0.749. The summed E-state index contributed by atoms with van der Waals surface area (Å²) in [5.41, 5.74) is 0.749. The molecule has 0 atom stereocenters. The maximum atomic E-state index is 4.03. The average Bonchev–Trinajstić information content (AvgIpc) is 2.42. The summed E-state index contributed by atoms with van der Waals surface area (Å²) in [6, 6.07) is 11.4. The van der Waals surface area contributed by atoms with Gasteiger partial charge in [-0.1, -0.05) is 12.1 Å². The zero-order chi connectivity index (χ0) is 13.5. The van der Waals surface area contributed by atoms with E-state index < -0.39 is 0 Å². The number of azo groups is 1. The minimum absolute atomic E-state index is 0. The van der Waals surface area contributed by atoms with Gasteiger partial charge in [-0.25, -0.2) is 4.57 Å². The lowest BCUT2D eigenvalue weighted by Gasteiger charge is -1.94. The van der Waals surface area contributed by atoms with Crippen LogP contribution in [0.1, 0.15) is 0 Å². The maximum Gasteiger partial charge on any atom is 0.350 e. The van der Waals surface area contributed by atoms with E-state index in [0.29, 0.717) is 0 Å². The minimum Gasteiger partial charge on any atom is -0.358 e. The average molecular weight is 270 g/mol. The highest BCUT2D eigenvalue weighted by Crippen LogP contribution is 2.01. The second-order valence-corrected chi connectivity index (χ2v) is 3.89. The molecule has 0 aliphatic carbocycles. The molecule has 2 heterocycles. The Morgan fingerprint density at radius 1 is 1.15 bits per heavy atom. The predicted molar refractivity (Wildman–Crippen MR) is 78.0 cm³/mol. The van der Waals surface area contributed by atoms with Gasteiger partial charge in [0, 0.05) is 19.3 Å². The van der Waals surface area contributed by atoms with Crippen LogP contribution in [0.5, 0.6) is 0 Å². The first kappa shape index (κ1) is 15.4. The maximum absolute atomic E-state index is 4.03. The summed E-state index contributed by atoms with van der Waals surface area (Å²) in [7, 11) is 3.81. The lowest BCUT2D eigenvalue weighted by molar-refractivity contribution is -0.658. The second-order valence-electron chi connectivity index (χ2n) is 3.89. The van der Waals surface area contributed by atoms with Crippen LogP contribution in [0.25, 0.3) is 0 Å². The Hall–Kier alpha value is -2.63. The zero-order valence-electron chi connectivity index (χ0n) is 11.9. The molecule has 2 aromatic rings. The van der Waals surface area contributed by atoms with E-state index >= 15 is 0 Å². The van der Waals surface area contributed by atoms with Gasteiger partial charge in [0.15, 0.2) is 11.8 Å². The largest absolute Gasteiger partial charge is 0.358 e. The third-order valence-corrected chi connectivity index (χ3v) is 2.48. The van der Waals surface area contributed by atoms with Gasteiger partial charge in [-0.15, -0.1) is 10.2 Å². The van der Waals surface area contributed by atoms with Gasteiger partial charge in [0.25, 0.3) is 0 Å². The van der Waals surface area contributed by atoms with E-state index in [9.17, 15) is 0 Å². The highest BCUT2D eigenvalue weighted by Gasteiger charge is 2.01. The Morgan fingerprint density at radius 3 is 2.70 bits per heavy atom. The fourth-order valence-electron chi connectivity index (χ4n) is 1.43. The van der Waals surface area contributed by atoms with Crippen LogP contribution in [0, 0.1) is 7.43 Å². The third-order valence-electron chi connectivity index (χ3n) is 2.48. The molecule has 0 saturated heterocycles. The van der Waals surface area contributed by atoms with Crippen molar-refractivity contribution in [3.8, 4) is 0 Å². The highest BCUT2D eigenvalue weighted by molar-refractivity contribution is 5.54. The summed E-state index contributed by atoms with van der Waals surface area (Å²) in [6.07, 6.45) is 5.12. The van der Waals surface area contributed by atoms with Crippen LogP contribution in [0.15, 0.2) is 69.2 Å². The van der Waals surface area contributed by atoms with Gasteiger partial charge in [0.05, 0.1) is 18.4 Å². The van der Waals surface area contributed by atoms with E-state index in [1.165, 1.54) is 6.34 Å². The molecule has 0 aliphatic rings. The molecule has 0 fully saturated rings. The summed E-state index contributed by atoms with van der Waals surface area (Å²) < 4.78 is 3.73. The van der Waals surface area contributed by atoms with E-state index in [4.69, 9.17) is 0 Å². The number of rotatable bonds is 3. The Balaban J connectivity index is 0.00000200. The number of aromatic nitrogens is 2. The van der Waals surface area contributed by atoms with Crippen LogP contribution in [0.2, 0.25) is 0 Å². The molecule has 20 heavy (non-hydrogen) atoms. The second kappa shape index (κ2) is 7.73. The molecule has 0 N–H and O–H groups in total. The van der Waals surface area contributed by atoms with Crippen molar-refractivity contribution in [1.82, 2.24) is 4.57 Å². The summed E-state index contributed by atoms with van der Waals surface area (Å²) in [4.78, 5) is 0. The van der Waals surface area contributed by atoms with Crippen molar-refractivity contribution in [2.45, 2.75) is 0 Å². The van der Waals surface area contributed by atoms with Crippen LogP contribution in [0.3, 0.4) is 0 Å². The molecule has 0 amide bonds. The lowest BCUT2D eigenvalue weighted by Crippen LogP contribution is -2.26. The number of pyridine rings is 2. The van der Waals surface area contributed by atoms with Crippen LogP contribution >= 0.6 is 0 Å². The van der Waals surface area contributed by atoms with Crippen LogP contribution in [0.4, 0.5) is 5.82 Å². The van der Waals surface area contributed by atoms with Crippen molar-refractivity contribution in [3.05, 3.63) is 61.7 Å². The van der Waals surface area contributed by atoms with E-state index in [-0.39, 0.29) is 7.43 Å². The molecule has 0 unspecified atom stereocenters. The molecule has 0 radical (unpaired) electrons. The Bertz CT molecular complexity index is 669. The van der Waals surface area contributed by atoms with Crippen LogP contribution in [-0.4, -0.2) is 10.9 Å². The van der Waals surface area contributed by atoms with Crippen molar-refractivity contribution in [3.63, 3.8) is 0 Å². The number of aryl methyl sites for hydroxylation is 2. The monoisotopic (exact) mass is 270 g/mol. The van der Waals surface area contributed by atoms with Crippen molar-refractivity contribution >= 4 is 12.2 Å². The minimum atomic E-state index is 0. The molecule has 0 aliphatic heterocycles. The van der Waals surface area contributed by atoms with Gasteiger partial charge in [0.1, 0.15) is 0 Å². The molecule has 104 valence electrons. The van der Waals surface area contributed by atoms with Crippen molar-refractivity contribution in [2.24, 2.45) is 34.5 Å². The molecule has 0 saturated carbocycles. The van der Waals surface area contributed by atoms with E-state index in [1.807, 2.05) is 72.0 Å². The van der Waals surface area contributed by atoms with Crippen molar-refractivity contribution in [1.29, 1.82) is 0 Å². The Kier molecular flexibility index (Phi) is 5.96. The quantitative estimate of drug-likeness (QED) is 0.204. The molecule has 0 spiro atoms. The Morgan fingerprint density at radius 2 is 1.95 bits per heavy atom. The Labute approximate surface area is 118 Å². The van der Waals surface area contributed by atoms with E-state index in [1.54, 1.807) is 0 Å². The van der Waals surface area contributed by atoms with Gasteiger partial charge in [0.2, 0.25) is 0 Å². The first-order valence-electron chi connectivity index (χ1n) is 5.80. The van der Waals surface area contributed by atoms with Crippen LogP contribution in [-0.2, 0) is 14.1 Å². The topological polar surface area (TPSA) is 58.2 Å². The van der Waals surface area contributed by atoms with Crippen molar-refractivity contribution < 1.29 is 4.57 Å². The molecule has 2 aromatic heterocycles. The van der Waals surface area contributed by atoms with Crippen molar-refractivity contribution in [2.75, 3.05) is 0 Å². The highest BCUT2D eigenvalue weighted by atomic mass is 15.3. The predicted octanol–water partition coefficient (Wildman–Crippen LogP) is 1.93. The molecular formula is C14H18N6. The van der Waals surface area contributed by atoms with Crippen LogP contribution < -0.4 is 10.1 Å². The van der Waals surface area contributed by atoms with Gasteiger partial charge >= 0.3 is 5.82 Å². The summed E-state index contributed by atoms with van der Waals surface area (Å²) >= 11 is 0. The lowest BCUT2D eigenvalue weighted by atomic mass is 10.4. The van der Waals surface area contributed by atoms with Gasteiger partial charge < -0.3 is 12.0 Å². The number of hydrogen-bond donors (Lipinski definition) is 0. The normalized spacial score (nSPS) is 12.0. The summed E-state index contributed by atoms with van der Waals surface area (Å²) in [6.45, 7) is 0. The molecule has 0 bridgehead atoms. The first-order valence-corrected chi connectivity index (χ1v) is 5.80. The molecule has 6 nitrogen and oxygen atoms in total. The molecular weight excluding hydrogens is 252 g/mol. The van der Waals surface area contributed by atoms with Gasteiger partial charge in [-0.3, -0.25) is 0 Å². The SMILES string of the molecule is Cn1ccccc1=NN=CN=Nc1cccc[n+]1C.[CH3-]. The fourth-order valence-corrected chi connectivity index (χ4v) is 1.43. The molecule has 2 rings (SSSR count). The van der Waals surface area contributed by atoms with Gasteiger partial charge in [-0.05, 0) is 23.3 Å². The zero-order valence-corrected chi connectivity index (χ0v) is 11.9. The number of nitrogens with zero attached hydrogens (tertiary/aromatic N) is 6. The molecule has 0 aromatic carbocycles. The van der Waals surface area contributed by atoms with E-state index in [0.717, 1.165) is 11.3 Å².